The van der Waals surface area contributed by atoms with E-state index in [0.717, 1.165) is 5.56 Å². The molecule has 0 aliphatic carbocycles. The van der Waals surface area contributed by atoms with Crippen LogP contribution < -0.4 is 0 Å². The van der Waals surface area contributed by atoms with Crippen LogP contribution in [-0.4, -0.2) is 11.4 Å². The molecular weight excluding hydrogens is 140 g/mol. The molecule has 57 valence electrons. The Bertz CT molecular complexity index is 266. The summed E-state index contributed by atoms with van der Waals surface area (Å²) in [6.45, 7) is 1.88. The summed E-state index contributed by atoms with van der Waals surface area (Å²) in [6, 6.07) is 4.91. The van der Waals surface area contributed by atoms with Gasteiger partial charge in [0.2, 0.25) is 0 Å². The van der Waals surface area contributed by atoms with Crippen molar-refractivity contribution >= 4 is 6.29 Å². The third kappa shape index (κ3) is 1.58. The van der Waals surface area contributed by atoms with Crippen LogP contribution in [-0.2, 0) is 0 Å². The van der Waals surface area contributed by atoms with Crippen LogP contribution >= 0.6 is 0 Å². The smallest absolute Gasteiger partial charge is 0.153 e. The van der Waals surface area contributed by atoms with Crippen LogP contribution in [0.1, 0.15) is 22.8 Å². The van der Waals surface area contributed by atoms with Crippen LogP contribution in [0.5, 0.6) is 5.75 Å². The summed E-state index contributed by atoms with van der Waals surface area (Å²) in [4.78, 5) is 10.3. The molecule has 2 heteroatoms. The van der Waals surface area contributed by atoms with E-state index in [4.69, 9.17) is 5.11 Å². The Balaban J connectivity index is 3.12. The number of carbonyl (C=O) groups is 1. The normalized spacial score (nSPS) is 9.55. The lowest BCUT2D eigenvalue weighted by molar-refractivity contribution is 0.112. The molecule has 0 heterocycles. The van der Waals surface area contributed by atoms with Gasteiger partial charge in [0.25, 0.3) is 0 Å². The molecule has 1 N–H and O–H groups in total. The summed E-state index contributed by atoms with van der Waals surface area (Å²) in [5, 5.41) is 9.09. The number of hydrogen-bond donors (Lipinski definition) is 1. The molecule has 0 bridgehead atoms. The molecule has 11 heavy (non-hydrogen) atoms. The number of phenolic OH excluding ortho intramolecular Hbond substituents is 1. The SMILES string of the molecule is C[CH]c1ccc(O)c(C=O)c1. The Morgan fingerprint density at radius 3 is 2.73 bits per heavy atom. The highest BCUT2D eigenvalue weighted by atomic mass is 16.3. The van der Waals surface area contributed by atoms with Gasteiger partial charge in [0.15, 0.2) is 6.29 Å². The van der Waals surface area contributed by atoms with E-state index < -0.39 is 0 Å². The molecule has 0 aromatic heterocycles. The summed E-state index contributed by atoms with van der Waals surface area (Å²) >= 11 is 0. The molecule has 0 spiro atoms. The number of hydrogen-bond acceptors (Lipinski definition) is 2. The van der Waals surface area contributed by atoms with Crippen molar-refractivity contribution < 1.29 is 9.90 Å². The van der Waals surface area contributed by atoms with Crippen molar-refractivity contribution in [3.05, 3.63) is 35.7 Å². The molecule has 1 rings (SSSR count). The summed E-state index contributed by atoms with van der Waals surface area (Å²) < 4.78 is 0. The minimum Gasteiger partial charge on any atom is -0.507 e. The average Bonchev–Trinajstić information content (AvgIpc) is 2.05. The Morgan fingerprint density at radius 1 is 1.45 bits per heavy atom. The Labute approximate surface area is 65.5 Å². The van der Waals surface area contributed by atoms with Crippen LogP contribution in [0.2, 0.25) is 0 Å². The number of phenols is 1. The first kappa shape index (κ1) is 7.79. The second-order valence-electron chi connectivity index (χ2n) is 2.22. The molecule has 1 aromatic rings. The van der Waals surface area contributed by atoms with Crippen molar-refractivity contribution in [2.24, 2.45) is 0 Å². The van der Waals surface area contributed by atoms with Crippen molar-refractivity contribution in [1.29, 1.82) is 0 Å². The van der Waals surface area contributed by atoms with Crippen LogP contribution in [0.15, 0.2) is 18.2 Å². The highest BCUT2D eigenvalue weighted by molar-refractivity contribution is 5.79. The van der Waals surface area contributed by atoms with Crippen LogP contribution in [0.3, 0.4) is 0 Å². The Kier molecular flexibility index (Phi) is 2.26. The first-order valence-corrected chi connectivity index (χ1v) is 3.35. The largest absolute Gasteiger partial charge is 0.507 e. The van der Waals surface area contributed by atoms with Gasteiger partial charge in [-0.05, 0) is 24.1 Å². The average molecular weight is 149 g/mol. The van der Waals surface area contributed by atoms with E-state index in [-0.39, 0.29) is 5.75 Å². The second-order valence-corrected chi connectivity index (χ2v) is 2.22. The summed E-state index contributed by atoms with van der Waals surface area (Å²) in [7, 11) is 0. The standard InChI is InChI=1S/C9H9O2/c1-2-7-3-4-9(11)8(5-7)6-10/h2-6,11H,1H3. The van der Waals surface area contributed by atoms with Gasteiger partial charge in [0.1, 0.15) is 5.75 Å². The van der Waals surface area contributed by atoms with E-state index in [1.165, 1.54) is 6.07 Å². The first-order chi connectivity index (χ1) is 5.27. The summed E-state index contributed by atoms with van der Waals surface area (Å²) in [5.41, 5.74) is 1.27. The van der Waals surface area contributed by atoms with Gasteiger partial charge >= 0.3 is 0 Å². The van der Waals surface area contributed by atoms with Crippen LogP contribution in [0, 0.1) is 6.42 Å². The van der Waals surface area contributed by atoms with Crippen LogP contribution in [0.25, 0.3) is 0 Å². The van der Waals surface area contributed by atoms with Gasteiger partial charge in [-0.15, -0.1) is 0 Å². The molecule has 0 atom stereocenters. The second kappa shape index (κ2) is 3.19. The molecule has 1 radical (unpaired) electrons. The molecule has 0 aliphatic heterocycles. The van der Waals surface area contributed by atoms with Gasteiger partial charge in [-0.2, -0.15) is 0 Å². The highest BCUT2D eigenvalue weighted by Gasteiger charge is 1.99. The van der Waals surface area contributed by atoms with E-state index in [1.807, 2.05) is 13.3 Å². The van der Waals surface area contributed by atoms with Crippen molar-refractivity contribution in [2.75, 3.05) is 0 Å². The van der Waals surface area contributed by atoms with Gasteiger partial charge in [-0.1, -0.05) is 13.0 Å². The number of aldehydes is 1. The fourth-order valence-electron chi connectivity index (χ4n) is 0.847. The molecule has 2 nitrogen and oxygen atoms in total. The lowest BCUT2D eigenvalue weighted by Crippen LogP contribution is -1.84. The summed E-state index contributed by atoms with van der Waals surface area (Å²) in [5.74, 6) is 0.0330. The van der Waals surface area contributed by atoms with Gasteiger partial charge in [-0.3, -0.25) is 4.79 Å². The zero-order chi connectivity index (χ0) is 8.27. The number of benzene rings is 1. The maximum absolute atomic E-state index is 10.3. The molecule has 0 saturated carbocycles. The Morgan fingerprint density at radius 2 is 2.18 bits per heavy atom. The topological polar surface area (TPSA) is 37.3 Å². The maximum atomic E-state index is 10.3. The van der Waals surface area contributed by atoms with E-state index in [1.54, 1.807) is 12.1 Å². The predicted octanol–water partition coefficient (Wildman–Crippen LogP) is 1.78. The van der Waals surface area contributed by atoms with Gasteiger partial charge in [0.05, 0.1) is 5.56 Å². The molecule has 0 saturated heterocycles. The predicted molar refractivity (Wildman–Crippen MR) is 42.6 cm³/mol. The minimum absolute atomic E-state index is 0.0330. The molecule has 0 unspecified atom stereocenters. The fraction of sp³-hybridized carbons (Fsp3) is 0.111. The molecule has 0 fully saturated rings. The molecule has 0 aliphatic rings. The zero-order valence-corrected chi connectivity index (χ0v) is 6.24. The van der Waals surface area contributed by atoms with E-state index in [2.05, 4.69) is 0 Å². The third-order valence-corrected chi connectivity index (χ3v) is 1.51. The zero-order valence-electron chi connectivity index (χ0n) is 6.24. The number of aromatic hydroxyl groups is 1. The Hall–Kier alpha value is -1.31. The number of carbonyl (C=O) groups excluding carboxylic acids is 1. The summed E-state index contributed by atoms with van der Waals surface area (Å²) in [6.07, 6.45) is 2.51. The van der Waals surface area contributed by atoms with Gasteiger partial charge in [0, 0.05) is 0 Å². The van der Waals surface area contributed by atoms with Crippen LogP contribution in [0.4, 0.5) is 0 Å². The van der Waals surface area contributed by atoms with Gasteiger partial charge in [-0.25, -0.2) is 0 Å². The molecular formula is C9H9O2. The monoisotopic (exact) mass is 149 g/mol. The van der Waals surface area contributed by atoms with Crippen molar-refractivity contribution in [3.8, 4) is 5.75 Å². The molecule has 0 amide bonds. The van der Waals surface area contributed by atoms with E-state index >= 15 is 0 Å². The maximum Gasteiger partial charge on any atom is 0.153 e. The quantitative estimate of drug-likeness (QED) is 0.651. The lowest BCUT2D eigenvalue weighted by atomic mass is 10.1. The molecule has 1 aromatic carbocycles. The number of rotatable bonds is 2. The van der Waals surface area contributed by atoms with Crippen molar-refractivity contribution in [2.45, 2.75) is 6.92 Å². The van der Waals surface area contributed by atoms with E-state index in [0.29, 0.717) is 11.8 Å². The van der Waals surface area contributed by atoms with E-state index in [9.17, 15) is 4.79 Å². The van der Waals surface area contributed by atoms with Gasteiger partial charge < -0.3 is 5.11 Å². The fourth-order valence-corrected chi connectivity index (χ4v) is 0.847. The minimum atomic E-state index is 0.0330. The first-order valence-electron chi connectivity index (χ1n) is 3.35. The van der Waals surface area contributed by atoms with Crippen molar-refractivity contribution in [3.63, 3.8) is 0 Å². The highest BCUT2D eigenvalue weighted by Crippen LogP contribution is 2.16. The third-order valence-electron chi connectivity index (χ3n) is 1.51. The van der Waals surface area contributed by atoms with Crippen molar-refractivity contribution in [1.82, 2.24) is 0 Å². The lowest BCUT2D eigenvalue weighted by Gasteiger charge is -1.98.